The van der Waals surface area contributed by atoms with E-state index in [1.165, 1.54) is 38.9 Å². The molecule has 0 heteroatoms. The molecule has 25 heavy (non-hydrogen) atoms. The van der Waals surface area contributed by atoms with Crippen LogP contribution in [0, 0.1) is 6.92 Å². The van der Waals surface area contributed by atoms with Gasteiger partial charge in [0, 0.05) is 0 Å². The van der Waals surface area contributed by atoms with Crippen LogP contribution < -0.4 is 0 Å². The predicted octanol–water partition coefficient (Wildman–Crippen LogP) is 7.00. The Morgan fingerprint density at radius 2 is 0.880 bits per heavy atom. The van der Waals surface area contributed by atoms with Crippen molar-refractivity contribution in [3.05, 3.63) is 109 Å². The number of benzene rings is 4. The summed E-state index contributed by atoms with van der Waals surface area (Å²) in [6.45, 7) is 2.19. The first-order chi connectivity index (χ1) is 12.3. The van der Waals surface area contributed by atoms with Crippen molar-refractivity contribution in [2.24, 2.45) is 0 Å². The molecule has 0 aliphatic rings. The lowest BCUT2D eigenvalue weighted by molar-refractivity contribution is 1.45. The van der Waals surface area contributed by atoms with Crippen LogP contribution in [-0.4, -0.2) is 0 Å². The fourth-order valence-electron chi connectivity index (χ4n) is 3.38. The van der Waals surface area contributed by atoms with Gasteiger partial charge >= 0.3 is 0 Å². The maximum atomic E-state index is 2.30. The summed E-state index contributed by atoms with van der Waals surface area (Å²) in [4.78, 5) is 0. The molecule has 4 rings (SSSR count). The maximum Gasteiger partial charge on any atom is -0.0105 e. The summed E-state index contributed by atoms with van der Waals surface area (Å²) < 4.78 is 0. The van der Waals surface area contributed by atoms with Gasteiger partial charge in [-0.2, -0.15) is 0 Å². The van der Waals surface area contributed by atoms with Crippen LogP contribution in [0.25, 0.3) is 33.4 Å². The summed E-state index contributed by atoms with van der Waals surface area (Å²) in [5.74, 6) is 0. The Balaban J connectivity index is 1.81. The van der Waals surface area contributed by atoms with Crippen LogP contribution in [0.4, 0.5) is 0 Å². The van der Waals surface area contributed by atoms with Crippen LogP contribution in [0.2, 0.25) is 0 Å². The second kappa shape index (κ2) is 6.78. The predicted molar refractivity (Wildman–Crippen MR) is 107 cm³/mol. The lowest BCUT2D eigenvalue weighted by Crippen LogP contribution is -1.88. The van der Waals surface area contributed by atoms with E-state index in [4.69, 9.17) is 0 Å². The monoisotopic (exact) mass is 320 g/mol. The van der Waals surface area contributed by atoms with Gasteiger partial charge in [0.15, 0.2) is 0 Å². The van der Waals surface area contributed by atoms with Crippen LogP contribution in [0.1, 0.15) is 5.56 Å². The van der Waals surface area contributed by atoms with Crippen molar-refractivity contribution in [2.45, 2.75) is 6.92 Å². The molecule has 120 valence electrons. The summed E-state index contributed by atoms with van der Waals surface area (Å²) in [5.41, 5.74) is 8.92. The van der Waals surface area contributed by atoms with Gasteiger partial charge in [0.25, 0.3) is 0 Å². The molecule has 0 bridgehead atoms. The third-order valence-electron chi connectivity index (χ3n) is 4.63. The van der Waals surface area contributed by atoms with Crippen molar-refractivity contribution in [1.29, 1.82) is 0 Å². The lowest BCUT2D eigenvalue weighted by Gasteiger charge is -2.13. The van der Waals surface area contributed by atoms with Crippen molar-refractivity contribution < 1.29 is 0 Å². The van der Waals surface area contributed by atoms with Crippen molar-refractivity contribution in [3.8, 4) is 33.4 Å². The van der Waals surface area contributed by atoms with E-state index in [1.54, 1.807) is 0 Å². The standard InChI is InChI=1S/C25H20/c1-19-18-22(16-17-23(19)20-10-4-2-5-11-20)25-15-9-8-14-24(25)21-12-6-3-7-13-21/h2-18H,1H3. The molecule has 0 saturated heterocycles. The second-order valence-electron chi connectivity index (χ2n) is 6.31. The zero-order valence-electron chi connectivity index (χ0n) is 14.3. The minimum Gasteiger partial charge on any atom is -0.0622 e. The Morgan fingerprint density at radius 1 is 0.400 bits per heavy atom. The molecule has 0 aliphatic heterocycles. The van der Waals surface area contributed by atoms with Crippen molar-refractivity contribution >= 4 is 0 Å². The highest BCUT2D eigenvalue weighted by Gasteiger charge is 2.09. The number of hydrogen-bond donors (Lipinski definition) is 0. The molecule has 0 aromatic heterocycles. The van der Waals surface area contributed by atoms with E-state index in [0.717, 1.165) is 0 Å². The molecule has 0 aliphatic carbocycles. The molecule has 0 unspecified atom stereocenters. The van der Waals surface area contributed by atoms with Gasteiger partial charge < -0.3 is 0 Å². The molecule has 0 heterocycles. The minimum absolute atomic E-state index is 1.25. The largest absolute Gasteiger partial charge is 0.0622 e. The Labute approximate surface area is 149 Å². The highest BCUT2D eigenvalue weighted by Crippen LogP contribution is 2.34. The molecule has 0 saturated carbocycles. The van der Waals surface area contributed by atoms with E-state index in [9.17, 15) is 0 Å². The van der Waals surface area contributed by atoms with Gasteiger partial charge in [0.1, 0.15) is 0 Å². The van der Waals surface area contributed by atoms with Gasteiger partial charge in [0.2, 0.25) is 0 Å². The van der Waals surface area contributed by atoms with E-state index in [1.807, 2.05) is 0 Å². The first kappa shape index (κ1) is 15.4. The van der Waals surface area contributed by atoms with Crippen molar-refractivity contribution in [2.75, 3.05) is 0 Å². The molecule has 4 aromatic carbocycles. The fraction of sp³-hybridized carbons (Fsp3) is 0.0400. The number of hydrogen-bond acceptors (Lipinski definition) is 0. The highest BCUT2D eigenvalue weighted by atomic mass is 14.1. The van der Waals surface area contributed by atoms with Gasteiger partial charge in [-0.15, -0.1) is 0 Å². The number of rotatable bonds is 3. The molecule has 0 atom stereocenters. The van der Waals surface area contributed by atoms with E-state index >= 15 is 0 Å². The molecule has 4 aromatic rings. The van der Waals surface area contributed by atoms with Gasteiger partial charge in [-0.1, -0.05) is 103 Å². The summed E-state index contributed by atoms with van der Waals surface area (Å²) in [7, 11) is 0. The van der Waals surface area contributed by atoms with E-state index in [0.29, 0.717) is 0 Å². The van der Waals surface area contributed by atoms with Crippen LogP contribution >= 0.6 is 0 Å². The zero-order chi connectivity index (χ0) is 17.1. The topological polar surface area (TPSA) is 0 Å². The first-order valence-corrected chi connectivity index (χ1v) is 8.64. The Bertz CT molecular complexity index is 983. The number of aryl methyl sites for hydroxylation is 1. The molecular weight excluding hydrogens is 300 g/mol. The highest BCUT2D eigenvalue weighted by molar-refractivity contribution is 5.85. The average molecular weight is 320 g/mol. The smallest absolute Gasteiger partial charge is 0.0105 e. The summed E-state index contributed by atoms with van der Waals surface area (Å²) >= 11 is 0. The van der Waals surface area contributed by atoms with E-state index in [2.05, 4.69) is 110 Å². The fourth-order valence-corrected chi connectivity index (χ4v) is 3.38. The van der Waals surface area contributed by atoms with Crippen LogP contribution in [0.3, 0.4) is 0 Å². The summed E-state index contributed by atoms with van der Waals surface area (Å²) in [6, 6.07) is 36.6. The van der Waals surface area contributed by atoms with Crippen LogP contribution in [0.5, 0.6) is 0 Å². The zero-order valence-corrected chi connectivity index (χ0v) is 14.3. The van der Waals surface area contributed by atoms with Gasteiger partial charge in [-0.25, -0.2) is 0 Å². The molecule has 0 fully saturated rings. The van der Waals surface area contributed by atoms with Crippen LogP contribution in [0.15, 0.2) is 103 Å². The van der Waals surface area contributed by atoms with Gasteiger partial charge in [-0.05, 0) is 45.9 Å². The lowest BCUT2D eigenvalue weighted by atomic mass is 9.91. The first-order valence-electron chi connectivity index (χ1n) is 8.64. The van der Waals surface area contributed by atoms with Crippen molar-refractivity contribution in [3.63, 3.8) is 0 Å². The van der Waals surface area contributed by atoms with E-state index in [-0.39, 0.29) is 0 Å². The quantitative estimate of drug-likeness (QED) is 0.381. The molecule has 0 N–H and O–H groups in total. The summed E-state index contributed by atoms with van der Waals surface area (Å²) in [6.07, 6.45) is 0. The SMILES string of the molecule is Cc1cc(-c2ccccc2-c2ccccc2)ccc1-c1ccccc1. The summed E-state index contributed by atoms with van der Waals surface area (Å²) in [5, 5.41) is 0. The second-order valence-corrected chi connectivity index (χ2v) is 6.31. The average Bonchev–Trinajstić information content (AvgIpc) is 2.69. The molecule has 0 radical (unpaired) electrons. The van der Waals surface area contributed by atoms with E-state index < -0.39 is 0 Å². The third-order valence-corrected chi connectivity index (χ3v) is 4.63. The molecule has 0 spiro atoms. The Kier molecular flexibility index (Phi) is 4.18. The Morgan fingerprint density at radius 3 is 1.44 bits per heavy atom. The molecular formula is C25H20. The molecule has 0 nitrogen and oxygen atoms in total. The minimum atomic E-state index is 1.25. The Hall–Kier alpha value is -3.12. The van der Waals surface area contributed by atoms with Crippen molar-refractivity contribution in [1.82, 2.24) is 0 Å². The van der Waals surface area contributed by atoms with Gasteiger partial charge in [-0.3, -0.25) is 0 Å². The van der Waals surface area contributed by atoms with Crippen LogP contribution in [-0.2, 0) is 0 Å². The maximum absolute atomic E-state index is 2.30. The third kappa shape index (κ3) is 3.12. The van der Waals surface area contributed by atoms with Gasteiger partial charge in [0.05, 0.1) is 0 Å². The normalized spacial score (nSPS) is 10.6. The molecule has 0 amide bonds.